The molecule has 8 heteroatoms. The molecule has 1 aromatic carbocycles. The van der Waals surface area contributed by atoms with Crippen molar-refractivity contribution in [2.45, 2.75) is 26.1 Å². The summed E-state index contributed by atoms with van der Waals surface area (Å²) in [5, 5.41) is 17.7. The Labute approximate surface area is 172 Å². The van der Waals surface area contributed by atoms with E-state index in [-0.39, 0.29) is 6.61 Å². The summed E-state index contributed by atoms with van der Waals surface area (Å²) in [5.74, 6) is 1.35. The second kappa shape index (κ2) is 10.6. The summed E-state index contributed by atoms with van der Waals surface area (Å²) in [6.45, 7) is 7.30. The molecule has 2 aromatic rings. The first-order valence-corrected chi connectivity index (χ1v) is 10.0. The van der Waals surface area contributed by atoms with E-state index in [2.05, 4.69) is 20.0 Å². The number of para-hydroxylation sites is 1. The van der Waals surface area contributed by atoms with Crippen molar-refractivity contribution < 1.29 is 19.3 Å². The number of hydrogen-bond acceptors (Lipinski definition) is 7. The number of benzene rings is 1. The van der Waals surface area contributed by atoms with Crippen LogP contribution in [0.3, 0.4) is 0 Å². The van der Waals surface area contributed by atoms with Crippen LogP contribution in [-0.4, -0.2) is 84.8 Å². The van der Waals surface area contributed by atoms with Gasteiger partial charge in [0.15, 0.2) is 11.5 Å². The Morgan fingerprint density at radius 3 is 2.79 bits per heavy atom. The number of aromatic nitrogens is 2. The van der Waals surface area contributed by atoms with Crippen LogP contribution in [0.15, 0.2) is 24.3 Å². The molecule has 1 aromatic heterocycles. The summed E-state index contributed by atoms with van der Waals surface area (Å²) in [6, 6.07) is 7.90. The molecule has 1 aliphatic rings. The molecule has 0 radical (unpaired) electrons. The van der Waals surface area contributed by atoms with Crippen molar-refractivity contribution in [3.05, 3.63) is 41.2 Å². The van der Waals surface area contributed by atoms with Crippen LogP contribution in [0, 0.1) is 6.92 Å². The van der Waals surface area contributed by atoms with E-state index in [0.717, 1.165) is 36.6 Å². The lowest BCUT2D eigenvalue weighted by molar-refractivity contribution is 0.00431. The Morgan fingerprint density at radius 2 is 2.10 bits per heavy atom. The summed E-state index contributed by atoms with van der Waals surface area (Å²) >= 11 is 0. The molecule has 1 atom stereocenters. The van der Waals surface area contributed by atoms with Crippen molar-refractivity contribution in [1.82, 2.24) is 20.0 Å². The number of aliphatic hydroxyl groups is 1. The van der Waals surface area contributed by atoms with Gasteiger partial charge in [0, 0.05) is 44.0 Å². The molecule has 2 heterocycles. The van der Waals surface area contributed by atoms with Crippen molar-refractivity contribution in [3.63, 3.8) is 0 Å². The molecule has 8 nitrogen and oxygen atoms in total. The molecule has 1 aliphatic heterocycles. The van der Waals surface area contributed by atoms with Gasteiger partial charge in [0.05, 0.1) is 26.0 Å². The minimum atomic E-state index is -0.573. The first kappa shape index (κ1) is 21.6. The molecular formula is C21H32N4O4. The molecule has 160 valence electrons. The van der Waals surface area contributed by atoms with Gasteiger partial charge in [0.1, 0.15) is 12.7 Å². The SMILES string of the molecule is COc1cccc(CN(C)Cc2cc(C)[nH]n2)c1OCC(O)CN1CCOCC1. The van der Waals surface area contributed by atoms with Crippen LogP contribution in [-0.2, 0) is 17.8 Å². The van der Waals surface area contributed by atoms with Crippen LogP contribution in [0.1, 0.15) is 17.0 Å². The second-order valence-corrected chi connectivity index (χ2v) is 7.54. The smallest absolute Gasteiger partial charge is 0.165 e. The van der Waals surface area contributed by atoms with Gasteiger partial charge in [0.2, 0.25) is 0 Å². The highest BCUT2D eigenvalue weighted by atomic mass is 16.5. The number of ether oxygens (including phenoxy) is 3. The zero-order chi connectivity index (χ0) is 20.6. The first-order chi connectivity index (χ1) is 14.0. The summed E-state index contributed by atoms with van der Waals surface area (Å²) in [4.78, 5) is 4.36. The van der Waals surface area contributed by atoms with Gasteiger partial charge in [-0.2, -0.15) is 5.10 Å². The molecule has 29 heavy (non-hydrogen) atoms. The number of methoxy groups -OCH3 is 1. The summed E-state index contributed by atoms with van der Waals surface area (Å²) < 4.78 is 16.9. The molecular weight excluding hydrogens is 372 g/mol. The zero-order valence-electron chi connectivity index (χ0n) is 17.6. The fourth-order valence-electron chi connectivity index (χ4n) is 3.50. The van der Waals surface area contributed by atoms with Crippen LogP contribution < -0.4 is 9.47 Å². The Morgan fingerprint density at radius 1 is 1.31 bits per heavy atom. The number of nitrogens with one attached hydrogen (secondary N) is 1. The number of aromatic amines is 1. The van der Waals surface area contributed by atoms with E-state index in [1.807, 2.05) is 38.2 Å². The lowest BCUT2D eigenvalue weighted by Gasteiger charge is -2.28. The number of H-pyrrole nitrogens is 1. The van der Waals surface area contributed by atoms with Crippen molar-refractivity contribution in [2.24, 2.45) is 0 Å². The highest BCUT2D eigenvalue weighted by Gasteiger charge is 2.18. The van der Waals surface area contributed by atoms with Crippen molar-refractivity contribution in [1.29, 1.82) is 0 Å². The highest BCUT2D eigenvalue weighted by molar-refractivity contribution is 5.46. The predicted molar refractivity (Wildman–Crippen MR) is 110 cm³/mol. The Hall–Kier alpha value is -2.13. The number of morpholine rings is 1. The summed E-state index contributed by atoms with van der Waals surface area (Å²) in [6.07, 6.45) is -0.573. The second-order valence-electron chi connectivity index (χ2n) is 7.54. The molecule has 0 saturated carbocycles. The van der Waals surface area contributed by atoms with Gasteiger partial charge < -0.3 is 19.3 Å². The van der Waals surface area contributed by atoms with E-state index in [1.165, 1.54) is 0 Å². The largest absolute Gasteiger partial charge is 0.493 e. The average molecular weight is 405 g/mol. The van der Waals surface area contributed by atoms with Crippen molar-refractivity contribution >= 4 is 0 Å². The zero-order valence-corrected chi connectivity index (χ0v) is 17.6. The summed E-state index contributed by atoms with van der Waals surface area (Å²) in [7, 11) is 3.67. The van der Waals surface area contributed by atoms with Crippen LogP contribution in [0.25, 0.3) is 0 Å². The van der Waals surface area contributed by atoms with Crippen LogP contribution >= 0.6 is 0 Å². The molecule has 0 spiro atoms. The van der Waals surface area contributed by atoms with E-state index in [4.69, 9.17) is 14.2 Å². The van der Waals surface area contributed by atoms with E-state index < -0.39 is 6.10 Å². The number of aryl methyl sites for hydroxylation is 1. The number of nitrogens with zero attached hydrogens (tertiary/aromatic N) is 3. The van der Waals surface area contributed by atoms with Gasteiger partial charge in [-0.1, -0.05) is 12.1 Å². The topological polar surface area (TPSA) is 83.1 Å². The standard InChI is InChI=1S/C21H32N4O4/c1-16-11-18(23-22-16)13-24(2)12-17-5-4-6-20(27-3)21(17)29-15-19(26)14-25-7-9-28-10-8-25/h4-6,11,19,26H,7-10,12-15H2,1-3H3,(H,22,23). The molecule has 1 unspecified atom stereocenters. The maximum atomic E-state index is 10.4. The molecule has 0 amide bonds. The highest BCUT2D eigenvalue weighted by Crippen LogP contribution is 2.32. The van der Waals surface area contributed by atoms with Gasteiger partial charge in [-0.15, -0.1) is 0 Å². The molecule has 1 fully saturated rings. The number of β-amino-alcohol motifs (C(OH)–C–C–N with tert-alkyl or cyclic N) is 1. The maximum absolute atomic E-state index is 10.4. The third-order valence-corrected chi connectivity index (χ3v) is 4.90. The first-order valence-electron chi connectivity index (χ1n) is 10.0. The maximum Gasteiger partial charge on any atom is 0.165 e. The van der Waals surface area contributed by atoms with E-state index in [1.54, 1.807) is 7.11 Å². The van der Waals surface area contributed by atoms with E-state index >= 15 is 0 Å². The predicted octanol–water partition coefficient (Wildman–Crippen LogP) is 1.43. The Bertz CT molecular complexity index is 761. The van der Waals surface area contributed by atoms with Crippen molar-refractivity contribution in [3.8, 4) is 11.5 Å². The van der Waals surface area contributed by atoms with E-state index in [9.17, 15) is 5.11 Å². The molecule has 0 aliphatic carbocycles. The fraction of sp³-hybridized carbons (Fsp3) is 0.571. The molecule has 2 N–H and O–H groups in total. The molecule has 0 bridgehead atoms. The molecule has 1 saturated heterocycles. The van der Waals surface area contributed by atoms with E-state index in [0.29, 0.717) is 37.8 Å². The third kappa shape index (κ3) is 6.43. The van der Waals surface area contributed by atoms with Gasteiger partial charge in [-0.25, -0.2) is 0 Å². The third-order valence-electron chi connectivity index (χ3n) is 4.90. The lowest BCUT2D eigenvalue weighted by atomic mass is 10.1. The molecule has 3 rings (SSSR count). The number of hydrogen-bond donors (Lipinski definition) is 2. The van der Waals surface area contributed by atoms with Crippen molar-refractivity contribution in [2.75, 3.05) is 53.6 Å². The lowest BCUT2D eigenvalue weighted by Crippen LogP contribution is -2.42. The van der Waals surface area contributed by atoms with Gasteiger partial charge in [-0.3, -0.25) is 14.9 Å². The Balaban J connectivity index is 1.60. The Kier molecular flexibility index (Phi) is 7.88. The van der Waals surface area contributed by atoms with Crippen LogP contribution in [0.4, 0.5) is 0 Å². The average Bonchev–Trinajstić information content (AvgIpc) is 3.12. The van der Waals surface area contributed by atoms with Crippen LogP contribution in [0.5, 0.6) is 11.5 Å². The summed E-state index contributed by atoms with van der Waals surface area (Å²) in [5.41, 5.74) is 3.06. The van der Waals surface area contributed by atoms with Gasteiger partial charge >= 0.3 is 0 Å². The van der Waals surface area contributed by atoms with Gasteiger partial charge in [0.25, 0.3) is 0 Å². The number of rotatable bonds is 10. The fourth-order valence-corrected chi connectivity index (χ4v) is 3.50. The minimum absolute atomic E-state index is 0.215. The minimum Gasteiger partial charge on any atom is -0.493 e. The van der Waals surface area contributed by atoms with Gasteiger partial charge in [-0.05, 0) is 26.1 Å². The monoisotopic (exact) mass is 404 g/mol. The number of aliphatic hydroxyl groups excluding tert-OH is 1. The quantitative estimate of drug-likeness (QED) is 0.620. The van der Waals surface area contributed by atoms with Crippen LogP contribution in [0.2, 0.25) is 0 Å². The normalized spacial score (nSPS) is 16.2.